The van der Waals surface area contributed by atoms with E-state index in [2.05, 4.69) is 0 Å². The first-order chi connectivity index (χ1) is 9.92. The summed E-state index contributed by atoms with van der Waals surface area (Å²) in [6.07, 6.45) is 0. The van der Waals surface area contributed by atoms with Crippen molar-refractivity contribution in [3.63, 3.8) is 0 Å². The van der Waals surface area contributed by atoms with E-state index in [0.29, 0.717) is 23.7 Å². The number of hydrogen-bond acceptors (Lipinski definition) is 5. The van der Waals surface area contributed by atoms with E-state index in [9.17, 15) is 8.42 Å². The second-order valence-electron chi connectivity index (χ2n) is 4.29. The first kappa shape index (κ1) is 18.2. The van der Waals surface area contributed by atoms with Crippen LogP contribution >= 0.6 is 11.6 Å². The van der Waals surface area contributed by atoms with Crippen molar-refractivity contribution in [1.82, 2.24) is 4.31 Å². The molecule has 1 aromatic rings. The molecule has 0 saturated carbocycles. The minimum atomic E-state index is -3.73. The lowest BCUT2D eigenvalue weighted by molar-refractivity contribution is 0.180. The molecular weight excluding hydrogens is 316 g/mol. The smallest absolute Gasteiger partial charge is 0.246 e. The van der Waals surface area contributed by atoms with Gasteiger partial charge in [0.1, 0.15) is 10.6 Å². The number of nitrogens with two attached hydrogens (primary N) is 1. The van der Waals surface area contributed by atoms with Gasteiger partial charge in [-0.15, -0.1) is 0 Å². The van der Waals surface area contributed by atoms with Crippen molar-refractivity contribution in [3.8, 4) is 5.75 Å². The van der Waals surface area contributed by atoms with Crippen LogP contribution in [0.4, 0.5) is 0 Å². The van der Waals surface area contributed by atoms with Crippen LogP contribution in [0.5, 0.6) is 5.75 Å². The third-order valence-electron chi connectivity index (χ3n) is 3.04. The van der Waals surface area contributed by atoms with Crippen molar-refractivity contribution in [2.75, 3.05) is 33.9 Å². The standard InChI is InChI=1S/C13H21ClN2O4S/c1-4-16(5-6-19-2)21(17,18)12-8-11(14)7-10(9-15)13(12)20-3/h7-8H,4-6,9,15H2,1-3H3. The molecule has 0 spiro atoms. The maximum absolute atomic E-state index is 12.8. The minimum absolute atomic E-state index is 0.0240. The lowest BCUT2D eigenvalue weighted by Crippen LogP contribution is -2.34. The lowest BCUT2D eigenvalue weighted by atomic mass is 10.2. The Bertz CT molecular complexity index is 578. The molecule has 0 heterocycles. The third kappa shape index (κ3) is 4.08. The van der Waals surface area contributed by atoms with E-state index in [0.717, 1.165) is 0 Å². The largest absolute Gasteiger partial charge is 0.495 e. The van der Waals surface area contributed by atoms with Crippen molar-refractivity contribution in [3.05, 3.63) is 22.7 Å². The van der Waals surface area contributed by atoms with Crippen LogP contribution in [-0.2, 0) is 21.3 Å². The fraction of sp³-hybridized carbons (Fsp3) is 0.538. The molecule has 0 aromatic heterocycles. The molecule has 0 amide bonds. The minimum Gasteiger partial charge on any atom is -0.495 e. The van der Waals surface area contributed by atoms with E-state index in [4.69, 9.17) is 26.8 Å². The van der Waals surface area contributed by atoms with Gasteiger partial charge in [-0.25, -0.2) is 8.42 Å². The molecule has 8 heteroatoms. The number of nitrogens with zero attached hydrogens (tertiary/aromatic N) is 1. The number of likely N-dealkylation sites (N-methyl/N-ethyl adjacent to an activating group) is 1. The first-order valence-corrected chi connectivity index (χ1v) is 8.29. The van der Waals surface area contributed by atoms with Gasteiger partial charge in [0, 0.05) is 37.3 Å². The Balaban J connectivity index is 3.38. The van der Waals surface area contributed by atoms with E-state index >= 15 is 0 Å². The molecule has 0 radical (unpaired) electrons. The number of sulfonamides is 1. The summed E-state index contributed by atoms with van der Waals surface area (Å²) in [6, 6.07) is 2.98. The summed E-state index contributed by atoms with van der Waals surface area (Å²) in [7, 11) is -0.803. The van der Waals surface area contributed by atoms with Crippen molar-refractivity contribution in [1.29, 1.82) is 0 Å². The molecule has 0 aliphatic heterocycles. The second kappa shape index (κ2) is 7.95. The van der Waals surface area contributed by atoms with E-state index in [1.165, 1.54) is 24.6 Å². The van der Waals surface area contributed by atoms with Gasteiger partial charge in [0.25, 0.3) is 0 Å². The van der Waals surface area contributed by atoms with Gasteiger partial charge in [0.15, 0.2) is 0 Å². The highest BCUT2D eigenvalue weighted by atomic mass is 35.5. The summed E-state index contributed by atoms with van der Waals surface area (Å²) in [5.41, 5.74) is 6.18. The maximum Gasteiger partial charge on any atom is 0.246 e. The molecule has 0 atom stereocenters. The van der Waals surface area contributed by atoms with Gasteiger partial charge in [-0.1, -0.05) is 18.5 Å². The van der Waals surface area contributed by atoms with Crippen LogP contribution in [0.3, 0.4) is 0 Å². The van der Waals surface area contributed by atoms with Crippen LogP contribution in [0.1, 0.15) is 12.5 Å². The average molecular weight is 337 g/mol. The molecule has 0 bridgehead atoms. The molecule has 2 N–H and O–H groups in total. The summed E-state index contributed by atoms with van der Waals surface area (Å²) in [5.74, 6) is 0.234. The van der Waals surface area contributed by atoms with Gasteiger partial charge in [-0.3, -0.25) is 0 Å². The van der Waals surface area contributed by atoms with Crippen LogP contribution in [0.15, 0.2) is 17.0 Å². The first-order valence-electron chi connectivity index (χ1n) is 6.47. The Morgan fingerprint density at radius 1 is 1.33 bits per heavy atom. The molecule has 120 valence electrons. The highest BCUT2D eigenvalue weighted by molar-refractivity contribution is 7.89. The predicted molar refractivity (Wildman–Crippen MR) is 82.2 cm³/mol. The Morgan fingerprint density at radius 2 is 2.00 bits per heavy atom. The lowest BCUT2D eigenvalue weighted by Gasteiger charge is -2.22. The second-order valence-corrected chi connectivity index (χ2v) is 6.63. The van der Waals surface area contributed by atoms with Gasteiger partial charge in [-0.2, -0.15) is 4.31 Å². The van der Waals surface area contributed by atoms with Crippen molar-refractivity contribution in [2.24, 2.45) is 5.73 Å². The number of rotatable bonds is 8. The molecule has 0 aliphatic rings. The zero-order valence-corrected chi connectivity index (χ0v) is 14.0. The summed E-state index contributed by atoms with van der Waals surface area (Å²) in [6.45, 7) is 2.77. The zero-order chi connectivity index (χ0) is 16.0. The molecular formula is C13H21ClN2O4S. The van der Waals surface area contributed by atoms with Crippen LogP contribution in [0.25, 0.3) is 0 Å². The highest BCUT2D eigenvalue weighted by Gasteiger charge is 2.28. The van der Waals surface area contributed by atoms with E-state index < -0.39 is 10.0 Å². The van der Waals surface area contributed by atoms with Crippen LogP contribution in [-0.4, -0.2) is 46.6 Å². The van der Waals surface area contributed by atoms with Crippen LogP contribution in [0.2, 0.25) is 5.02 Å². The fourth-order valence-electron chi connectivity index (χ4n) is 1.98. The van der Waals surface area contributed by atoms with E-state index in [1.807, 2.05) is 0 Å². The molecule has 0 saturated heterocycles. The van der Waals surface area contributed by atoms with Crippen molar-refractivity contribution in [2.45, 2.75) is 18.4 Å². The summed E-state index contributed by atoms with van der Waals surface area (Å²) >= 11 is 6.00. The summed E-state index contributed by atoms with van der Waals surface area (Å²) in [4.78, 5) is 0.0240. The Morgan fingerprint density at radius 3 is 2.48 bits per heavy atom. The van der Waals surface area contributed by atoms with Gasteiger partial charge in [0.2, 0.25) is 10.0 Å². The zero-order valence-electron chi connectivity index (χ0n) is 12.4. The molecule has 1 rings (SSSR count). The number of methoxy groups -OCH3 is 2. The van der Waals surface area contributed by atoms with Gasteiger partial charge in [-0.05, 0) is 12.1 Å². The van der Waals surface area contributed by atoms with Crippen molar-refractivity contribution >= 4 is 21.6 Å². The molecule has 6 nitrogen and oxygen atoms in total. The monoisotopic (exact) mass is 336 g/mol. The number of halogens is 1. The van der Waals surface area contributed by atoms with Gasteiger partial charge < -0.3 is 15.2 Å². The van der Waals surface area contributed by atoms with Crippen LogP contribution in [0, 0.1) is 0 Å². The van der Waals surface area contributed by atoms with Crippen LogP contribution < -0.4 is 10.5 Å². The quantitative estimate of drug-likeness (QED) is 0.777. The maximum atomic E-state index is 12.8. The molecule has 0 unspecified atom stereocenters. The normalized spacial score (nSPS) is 11.9. The SMILES string of the molecule is CCN(CCOC)S(=O)(=O)c1cc(Cl)cc(CN)c1OC. The topological polar surface area (TPSA) is 81.9 Å². The molecule has 21 heavy (non-hydrogen) atoms. The Labute approximate surface area is 130 Å². The molecule has 0 fully saturated rings. The third-order valence-corrected chi connectivity index (χ3v) is 5.23. The highest BCUT2D eigenvalue weighted by Crippen LogP contribution is 2.33. The summed E-state index contributed by atoms with van der Waals surface area (Å²) in [5, 5.41) is 0.303. The van der Waals surface area contributed by atoms with E-state index in [-0.39, 0.29) is 23.7 Å². The number of ether oxygens (including phenoxy) is 2. The Kier molecular flexibility index (Phi) is 6.89. The Hall–Kier alpha value is -0.860. The predicted octanol–water partition coefficient (Wildman–Crippen LogP) is 1.46. The van der Waals surface area contributed by atoms with Gasteiger partial charge in [0.05, 0.1) is 13.7 Å². The van der Waals surface area contributed by atoms with Crippen molar-refractivity contribution < 1.29 is 17.9 Å². The fourth-order valence-corrected chi connectivity index (χ4v) is 3.94. The average Bonchev–Trinajstić information content (AvgIpc) is 2.46. The summed E-state index contributed by atoms with van der Waals surface area (Å²) < 4.78 is 37.0. The van der Waals surface area contributed by atoms with Gasteiger partial charge >= 0.3 is 0 Å². The number of hydrogen-bond donors (Lipinski definition) is 1. The molecule has 1 aromatic carbocycles. The molecule has 0 aliphatic carbocycles. The van der Waals surface area contributed by atoms with E-state index in [1.54, 1.807) is 13.0 Å². The number of benzene rings is 1.